The van der Waals surface area contributed by atoms with Crippen molar-refractivity contribution in [2.75, 3.05) is 31.6 Å². The number of likely N-dealkylation sites (tertiary alicyclic amines) is 1. The Morgan fingerprint density at radius 1 is 1.05 bits per heavy atom. The molecule has 0 radical (unpaired) electrons. The summed E-state index contributed by atoms with van der Waals surface area (Å²) < 4.78 is 75.4. The molecule has 2 fully saturated rings. The molecule has 0 spiro atoms. The van der Waals surface area contributed by atoms with Gasteiger partial charge in [-0.1, -0.05) is 6.92 Å². The highest BCUT2D eigenvalue weighted by Crippen LogP contribution is 2.35. The number of alkyl halides is 6. The van der Waals surface area contributed by atoms with Gasteiger partial charge in [0.05, 0.1) is 19.3 Å². The van der Waals surface area contributed by atoms with Crippen molar-refractivity contribution in [3.8, 4) is 0 Å². The molecule has 0 saturated carbocycles. The summed E-state index contributed by atoms with van der Waals surface area (Å²) in [4.78, 5) is 28.7. The highest BCUT2D eigenvalue weighted by atomic mass is 19.4. The first kappa shape index (κ1) is 31.8. The second-order valence-corrected chi connectivity index (χ2v) is 8.60. The maximum Gasteiger partial charge on any atom is 0.490 e. The number of ether oxygens (including phenoxy) is 1. The van der Waals surface area contributed by atoms with Crippen LogP contribution in [0.2, 0.25) is 0 Å². The Bertz CT molecular complexity index is 1030. The molecule has 16 heteroatoms. The van der Waals surface area contributed by atoms with E-state index in [2.05, 4.69) is 39.2 Å². The molecule has 2 aromatic rings. The van der Waals surface area contributed by atoms with E-state index in [1.807, 2.05) is 6.07 Å². The highest BCUT2D eigenvalue weighted by molar-refractivity contribution is 5.73. The van der Waals surface area contributed by atoms with Gasteiger partial charge in [0.2, 0.25) is 5.95 Å². The largest absolute Gasteiger partial charge is 0.490 e. The lowest BCUT2D eigenvalue weighted by Gasteiger charge is -2.35. The van der Waals surface area contributed by atoms with Gasteiger partial charge in [-0.05, 0) is 37.1 Å². The van der Waals surface area contributed by atoms with E-state index in [9.17, 15) is 26.3 Å². The lowest BCUT2D eigenvalue weighted by atomic mass is 9.84. The van der Waals surface area contributed by atoms with Gasteiger partial charge in [0.1, 0.15) is 11.5 Å². The van der Waals surface area contributed by atoms with Crippen LogP contribution < -0.4 is 5.32 Å². The number of hydrogen-bond acceptors (Lipinski definition) is 8. The summed E-state index contributed by atoms with van der Waals surface area (Å²) in [6.07, 6.45) is -4.27. The molecule has 39 heavy (non-hydrogen) atoms. The second kappa shape index (κ2) is 14.1. The number of aliphatic carboxylic acids is 2. The number of fused-ring (bicyclic) bond motifs is 1. The molecule has 10 nitrogen and oxygen atoms in total. The van der Waals surface area contributed by atoms with Gasteiger partial charge in [0, 0.05) is 37.8 Å². The van der Waals surface area contributed by atoms with Crippen LogP contribution in [0.25, 0.3) is 0 Å². The standard InChI is InChI=1S/C19H26N4O2.2C2HF3O2/c1-2-15-4-5-16(25-15)12-23-9-6-17-14(11-23)13-24-18(17)10-22-19-20-7-3-8-21-19;2*3-2(4,5)1(6)7/h3-5,7-8,14,17-18H,2,6,9-13H2,1H3,(H,20,21,22);2*(H,6,7)/t14-,17-,18-;;/m1../s1. The molecule has 4 rings (SSSR count). The highest BCUT2D eigenvalue weighted by Gasteiger charge is 2.41. The average molecular weight is 570 g/mol. The molecule has 0 bridgehead atoms. The number of halogens is 6. The fraction of sp³-hybridized carbons (Fsp3) is 0.565. The molecule has 3 atom stereocenters. The van der Waals surface area contributed by atoms with Crippen LogP contribution in [-0.4, -0.2) is 81.7 Å². The van der Waals surface area contributed by atoms with Crippen molar-refractivity contribution in [1.82, 2.24) is 14.9 Å². The maximum absolute atomic E-state index is 10.6. The van der Waals surface area contributed by atoms with Crippen LogP contribution in [0.5, 0.6) is 0 Å². The van der Waals surface area contributed by atoms with E-state index >= 15 is 0 Å². The van der Waals surface area contributed by atoms with Crippen LogP contribution in [0.3, 0.4) is 0 Å². The first-order chi connectivity index (χ1) is 18.2. The molecule has 2 aromatic heterocycles. The van der Waals surface area contributed by atoms with Crippen molar-refractivity contribution in [3.05, 3.63) is 42.1 Å². The minimum absolute atomic E-state index is 0.256. The number of rotatable bonds is 6. The first-order valence-corrected chi connectivity index (χ1v) is 11.7. The van der Waals surface area contributed by atoms with Gasteiger partial charge in [0.25, 0.3) is 0 Å². The van der Waals surface area contributed by atoms with E-state index in [0.717, 1.165) is 50.7 Å². The van der Waals surface area contributed by atoms with Gasteiger partial charge in [-0.3, -0.25) is 4.90 Å². The van der Waals surface area contributed by atoms with Gasteiger partial charge >= 0.3 is 24.3 Å². The number of nitrogens with one attached hydrogen (secondary N) is 1. The maximum atomic E-state index is 10.6. The fourth-order valence-electron chi connectivity index (χ4n) is 4.02. The van der Waals surface area contributed by atoms with Crippen LogP contribution >= 0.6 is 0 Å². The summed E-state index contributed by atoms with van der Waals surface area (Å²) in [5.41, 5.74) is 0. The summed E-state index contributed by atoms with van der Waals surface area (Å²) in [7, 11) is 0. The number of carboxylic acid groups (broad SMARTS) is 2. The van der Waals surface area contributed by atoms with Crippen LogP contribution in [-0.2, 0) is 27.3 Å². The molecule has 2 aliphatic rings. The van der Waals surface area contributed by atoms with E-state index in [1.165, 1.54) is 6.42 Å². The number of piperidine rings is 1. The van der Waals surface area contributed by atoms with Crippen molar-refractivity contribution in [2.45, 2.75) is 44.8 Å². The molecular formula is C23H28F6N4O6. The van der Waals surface area contributed by atoms with Gasteiger partial charge in [0.15, 0.2) is 0 Å². The van der Waals surface area contributed by atoms with Crippen LogP contribution in [0.4, 0.5) is 32.3 Å². The number of nitrogens with zero attached hydrogens (tertiary/aromatic N) is 3. The minimum Gasteiger partial charge on any atom is -0.475 e. The smallest absolute Gasteiger partial charge is 0.475 e. The molecule has 0 aliphatic carbocycles. The molecule has 4 heterocycles. The lowest BCUT2D eigenvalue weighted by molar-refractivity contribution is -0.193. The third-order valence-corrected chi connectivity index (χ3v) is 5.84. The molecule has 2 aliphatic heterocycles. The van der Waals surface area contributed by atoms with E-state index in [4.69, 9.17) is 29.0 Å². The molecule has 0 aromatic carbocycles. The number of carbonyl (C=O) groups is 2. The molecule has 218 valence electrons. The van der Waals surface area contributed by atoms with Crippen molar-refractivity contribution >= 4 is 17.9 Å². The number of aromatic nitrogens is 2. The normalized spacial score (nSPS) is 21.1. The van der Waals surface area contributed by atoms with E-state index in [1.54, 1.807) is 12.4 Å². The van der Waals surface area contributed by atoms with Gasteiger partial charge in [-0.25, -0.2) is 19.6 Å². The first-order valence-electron chi connectivity index (χ1n) is 11.7. The Kier molecular flexibility index (Phi) is 11.5. The third-order valence-electron chi connectivity index (χ3n) is 5.84. The number of furan rings is 1. The van der Waals surface area contributed by atoms with Crippen molar-refractivity contribution < 1.29 is 55.3 Å². The zero-order chi connectivity index (χ0) is 29.2. The summed E-state index contributed by atoms with van der Waals surface area (Å²) >= 11 is 0. The number of carboxylic acids is 2. The van der Waals surface area contributed by atoms with Crippen LogP contribution in [0.15, 0.2) is 35.0 Å². The van der Waals surface area contributed by atoms with E-state index < -0.39 is 24.3 Å². The van der Waals surface area contributed by atoms with Crippen molar-refractivity contribution in [2.24, 2.45) is 11.8 Å². The number of aryl methyl sites for hydroxylation is 1. The molecule has 2 saturated heterocycles. The van der Waals surface area contributed by atoms with Gasteiger partial charge in [-0.2, -0.15) is 26.3 Å². The predicted molar refractivity (Wildman–Crippen MR) is 123 cm³/mol. The second-order valence-electron chi connectivity index (χ2n) is 8.60. The average Bonchev–Trinajstić information content (AvgIpc) is 3.49. The molecule has 0 unspecified atom stereocenters. The zero-order valence-electron chi connectivity index (χ0n) is 20.7. The fourth-order valence-corrected chi connectivity index (χ4v) is 4.02. The lowest BCUT2D eigenvalue weighted by Crippen LogP contribution is -2.42. The van der Waals surface area contributed by atoms with Crippen molar-refractivity contribution in [1.29, 1.82) is 0 Å². The predicted octanol–water partition coefficient (Wildman–Crippen LogP) is 3.85. The zero-order valence-corrected chi connectivity index (χ0v) is 20.7. The summed E-state index contributed by atoms with van der Waals surface area (Å²) in [6.45, 7) is 6.85. The molecule has 0 amide bonds. The summed E-state index contributed by atoms with van der Waals surface area (Å²) in [5.74, 6) is -1.46. The Morgan fingerprint density at radius 2 is 1.62 bits per heavy atom. The minimum atomic E-state index is -5.08. The Morgan fingerprint density at radius 3 is 2.13 bits per heavy atom. The number of hydrogen-bond donors (Lipinski definition) is 3. The third kappa shape index (κ3) is 10.7. The quantitative estimate of drug-likeness (QED) is 0.439. The Labute approximate surface area is 219 Å². The molecular weight excluding hydrogens is 542 g/mol. The van der Waals surface area contributed by atoms with E-state index in [-0.39, 0.29) is 6.10 Å². The Hall–Kier alpha value is -3.40. The van der Waals surface area contributed by atoms with Crippen LogP contribution in [0.1, 0.15) is 24.9 Å². The molecule has 3 N–H and O–H groups in total. The number of anilines is 1. The summed E-state index contributed by atoms with van der Waals surface area (Å²) in [6, 6.07) is 6.03. The Balaban J connectivity index is 0.000000317. The summed E-state index contributed by atoms with van der Waals surface area (Å²) in [5, 5.41) is 17.6. The van der Waals surface area contributed by atoms with Gasteiger partial charge < -0.3 is 24.7 Å². The van der Waals surface area contributed by atoms with Gasteiger partial charge in [-0.15, -0.1) is 0 Å². The monoisotopic (exact) mass is 570 g/mol. The SMILES string of the molecule is CCc1ccc(CN2CC[C@@H]3[C@@H](CO[C@@H]3CNc3ncccn3)C2)o1.O=C(O)C(F)(F)F.O=C(O)C(F)(F)F. The van der Waals surface area contributed by atoms with Crippen LogP contribution in [0, 0.1) is 11.8 Å². The van der Waals surface area contributed by atoms with Crippen molar-refractivity contribution in [3.63, 3.8) is 0 Å². The van der Waals surface area contributed by atoms with E-state index in [0.29, 0.717) is 17.8 Å². The topological polar surface area (TPSA) is 138 Å².